The van der Waals surface area contributed by atoms with E-state index < -0.39 is 20.0 Å². The van der Waals surface area contributed by atoms with Gasteiger partial charge in [-0.05, 0) is 30.4 Å². The van der Waals surface area contributed by atoms with Crippen LogP contribution in [0.4, 0.5) is 0 Å². The smallest absolute Gasteiger partial charge is 0.225 e. The first-order valence-corrected chi connectivity index (χ1v) is 9.86. The van der Waals surface area contributed by atoms with Crippen LogP contribution in [0.5, 0.6) is 0 Å². The Balaban J connectivity index is 2.24. The van der Waals surface area contributed by atoms with Crippen molar-refractivity contribution in [2.75, 3.05) is 6.54 Å². The predicted octanol–water partition coefficient (Wildman–Crippen LogP) is 1.05. The molecule has 3 N–H and O–H groups in total. The topological polar surface area (TPSA) is 106 Å². The lowest BCUT2D eigenvalue weighted by Crippen LogP contribution is -2.31. The van der Waals surface area contributed by atoms with Gasteiger partial charge < -0.3 is 0 Å². The normalized spacial score (nSPS) is 23.3. The molecule has 2 atom stereocenters. The fourth-order valence-corrected chi connectivity index (χ4v) is 5.20. The van der Waals surface area contributed by atoms with Crippen LogP contribution in [0.2, 0.25) is 0 Å². The molecule has 0 saturated heterocycles. The maximum atomic E-state index is 12.3. The van der Waals surface area contributed by atoms with Crippen molar-refractivity contribution in [1.82, 2.24) is 4.72 Å². The summed E-state index contributed by atoms with van der Waals surface area (Å²) in [5.41, 5.74) is 0. The first kappa shape index (κ1) is 16.4. The highest BCUT2D eigenvalue weighted by atomic mass is 32.2. The molecule has 6 nitrogen and oxygen atoms in total. The maximum absolute atomic E-state index is 12.3. The van der Waals surface area contributed by atoms with Crippen molar-refractivity contribution in [3.63, 3.8) is 0 Å². The molecule has 0 spiro atoms. The first-order chi connectivity index (χ1) is 9.72. The molecule has 8 heteroatoms. The summed E-state index contributed by atoms with van der Waals surface area (Å²) in [7, 11) is -7.98. The van der Waals surface area contributed by atoms with Gasteiger partial charge in [0.15, 0.2) is 0 Å². The number of rotatable bonds is 5. The van der Waals surface area contributed by atoms with Crippen LogP contribution in [-0.4, -0.2) is 23.4 Å². The van der Waals surface area contributed by atoms with Crippen LogP contribution in [0, 0.1) is 11.8 Å². The molecule has 1 aliphatic carbocycles. The van der Waals surface area contributed by atoms with Crippen LogP contribution in [-0.2, 0) is 20.0 Å². The van der Waals surface area contributed by atoms with Gasteiger partial charge >= 0.3 is 0 Å². The van der Waals surface area contributed by atoms with Gasteiger partial charge in [-0.15, -0.1) is 0 Å². The Labute approximate surface area is 125 Å². The number of benzene rings is 1. The number of nitrogens with one attached hydrogen (secondary N) is 1. The summed E-state index contributed by atoms with van der Waals surface area (Å²) in [6.45, 7) is 2.42. The van der Waals surface area contributed by atoms with E-state index >= 15 is 0 Å². The monoisotopic (exact) mass is 332 g/mol. The van der Waals surface area contributed by atoms with Gasteiger partial charge in [0.2, 0.25) is 20.0 Å². The summed E-state index contributed by atoms with van der Waals surface area (Å²) < 4.78 is 50.2. The highest BCUT2D eigenvalue weighted by molar-refractivity contribution is 7.92. The average Bonchev–Trinajstić information content (AvgIpc) is 2.81. The average molecular weight is 332 g/mol. The van der Waals surface area contributed by atoms with Gasteiger partial charge in [-0.3, -0.25) is 0 Å². The second-order valence-electron chi connectivity index (χ2n) is 5.51. The van der Waals surface area contributed by atoms with Gasteiger partial charge in [0.25, 0.3) is 0 Å². The lowest BCUT2D eigenvalue weighted by molar-refractivity contribution is 0.414. The van der Waals surface area contributed by atoms with E-state index in [1.807, 2.05) is 0 Å². The molecule has 2 rings (SSSR count). The Hall–Kier alpha value is -0.960. The molecular weight excluding hydrogens is 312 g/mol. The quantitative estimate of drug-likeness (QED) is 0.840. The van der Waals surface area contributed by atoms with Crippen molar-refractivity contribution < 1.29 is 16.8 Å². The summed E-state index contributed by atoms with van der Waals surface area (Å²) in [5, 5.41) is 5.07. The molecule has 0 aromatic heterocycles. The van der Waals surface area contributed by atoms with Gasteiger partial charge in [0.05, 0.1) is 0 Å². The van der Waals surface area contributed by atoms with Crippen molar-refractivity contribution in [2.24, 2.45) is 17.0 Å². The highest BCUT2D eigenvalue weighted by Gasteiger charge is 2.27. The lowest BCUT2D eigenvalue weighted by atomic mass is 9.99. The Morgan fingerprint density at radius 2 is 1.76 bits per heavy atom. The lowest BCUT2D eigenvalue weighted by Gasteiger charge is -2.16. The maximum Gasteiger partial charge on any atom is 0.241 e. The van der Waals surface area contributed by atoms with E-state index in [0.29, 0.717) is 18.4 Å². The Bertz CT molecular complexity index is 713. The third-order valence-corrected chi connectivity index (χ3v) is 6.60. The van der Waals surface area contributed by atoms with E-state index in [-0.39, 0.29) is 9.79 Å². The first-order valence-electron chi connectivity index (χ1n) is 6.83. The minimum atomic E-state index is -4.08. The molecule has 0 amide bonds. The van der Waals surface area contributed by atoms with Crippen LogP contribution in [0.3, 0.4) is 0 Å². The largest absolute Gasteiger partial charge is 0.241 e. The summed E-state index contributed by atoms with van der Waals surface area (Å²) in [4.78, 5) is -0.671. The van der Waals surface area contributed by atoms with Crippen molar-refractivity contribution in [2.45, 2.75) is 36.0 Å². The number of primary sulfonamides is 1. The zero-order valence-corrected chi connectivity index (χ0v) is 13.5. The fourth-order valence-electron chi connectivity index (χ4n) is 2.73. The second kappa shape index (κ2) is 6.04. The Morgan fingerprint density at radius 1 is 1.14 bits per heavy atom. The second-order valence-corrected chi connectivity index (χ2v) is 8.78. The minimum Gasteiger partial charge on any atom is -0.225 e. The molecule has 2 unspecified atom stereocenters. The van der Waals surface area contributed by atoms with Crippen molar-refractivity contribution in [3.8, 4) is 0 Å². The van der Waals surface area contributed by atoms with Crippen LogP contribution in [0.15, 0.2) is 34.1 Å². The van der Waals surface area contributed by atoms with E-state index in [0.717, 1.165) is 19.3 Å². The number of hydrogen-bond donors (Lipinski definition) is 2. The zero-order valence-electron chi connectivity index (χ0n) is 11.8. The van der Waals surface area contributed by atoms with Crippen LogP contribution in [0.25, 0.3) is 0 Å². The number of hydrogen-bond acceptors (Lipinski definition) is 4. The third kappa shape index (κ3) is 3.82. The van der Waals surface area contributed by atoms with E-state index in [4.69, 9.17) is 5.14 Å². The van der Waals surface area contributed by atoms with Crippen molar-refractivity contribution in [1.29, 1.82) is 0 Å². The molecule has 1 saturated carbocycles. The molecule has 1 aromatic rings. The molecule has 1 fully saturated rings. The van der Waals surface area contributed by atoms with Gasteiger partial charge in [-0.1, -0.05) is 31.9 Å². The molecular formula is C13H20N2O4S2. The molecule has 0 heterocycles. The summed E-state index contributed by atoms with van der Waals surface area (Å²) >= 11 is 0. The third-order valence-electron chi connectivity index (χ3n) is 4.02. The van der Waals surface area contributed by atoms with Gasteiger partial charge in [0, 0.05) is 6.54 Å². The van der Waals surface area contributed by atoms with E-state index in [9.17, 15) is 16.8 Å². The van der Waals surface area contributed by atoms with E-state index in [2.05, 4.69) is 11.6 Å². The van der Waals surface area contributed by atoms with Crippen LogP contribution < -0.4 is 9.86 Å². The molecule has 0 radical (unpaired) electrons. The highest BCUT2D eigenvalue weighted by Crippen LogP contribution is 2.31. The van der Waals surface area contributed by atoms with E-state index in [1.165, 1.54) is 24.3 Å². The SMILES string of the molecule is CC1CCCC1CNS(=O)(=O)c1ccccc1S(N)(=O)=O. The Morgan fingerprint density at radius 3 is 2.29 bits per heavy atom. The number of nitrogens with two attached hydrogens (primary N) is 1. The molecule has 1 aliphatic rings. The summed E-state index contributed by atoms with van der Waals surface area (Å²) in [6, 6.07) is 5.36. The fraction of sp³-hybridized carbons (Fsp3) is 0.538. The van der Waals surface area contributed by atoms with Crippen molar-refractivity contribution in [3.05, 3.63) is 24.3 Å². The van der Waals surface area contributed by atoms with Crippen molar-refractivity contribution >= 4 is 20.0 Å². The van der Waals surface area contributed by atoms with Crippen LogP contribution in [0.1, 0.15) is 26.2 Å². The van der Waals surface area contributed by atoms with E-state index in [1.54, 1.807) is 0 Å². The molecule has 118 valence electrons. The zero-order chi connectivity index (χ0) is 15.7. The molecule has 0 aliphatic heterocycles. The standard InChI is InChI=1S/C13H20N2O4S2/c1-10-5-4-6-11(10)9-15-21(18,19)13-8-3-2-7-12(13)20(14,16)17/h2-3,7-8,10-11,15H,4-6,9H2,1H3,(H2,14,16,17). The molecule has 0 bridgehead atoms. The summed E-state index contributed by atoms with van der Waals surface area (Å²) in [6.07, 6.45) is 3.18. The minimum absolute atomic E-state index is 0.293. The number of sulfonamides is 2. The predicted molar refractivity (Wildman–Crippen MR) is 79.5 cm³/mol. The van der Waals surface area contributed by atoms with Gasteiger partial charge in [-0.25, -0.2) is 26.7 Å². The Kier molecular flexibility index (Phi) is 4.72. The molecule has 1 aromatic carbocycles. The van der Waals surface area contributed by atoms with Gasteiger partial charge in [0.1, 0.15) is 9.79 Å². The van der Waals surface area contributed by atoms with Gasteiger partial charge in [-0.2, -0.15) is 0 Å². The molecule has 21 heavy (non-hydrogen) atoms. The van der Waals surface area contributed by atoms with Crippen LogP contribution >= 0.6 is 0 Å². The summed E-state index contributed by atoms with van der Waals surface area (Å²) in [5.74, 6) is 0.766.